The van der Waals surface area contributed by atoms with E-state index < -0.39 is 5.91 Å². The molecular formula is C17H16N2O3. The molecule has 2 aromatic rings. The van der Waals surface area contributed by atoms with Crippen molar-refractivity contribution in [2.24, 2.45) is 5.73 Å². The van der Waals surface area contributed by atoms with E-state index in [0.29, 0.717) is 11.3 Å². The standard InChI is InChI=1S/C17H16N2O3/c1-22-15-9-2-12(3-10-15)4-11-16(20)19-14-7-5-13(6-8-14)17(18)21/h2-11H,1H3,(H2,18,21)(H,19,20). The maximum atomic E-state index is 11.8. The Bertz CT molecular complexity index is 689. The van der Waals surface area contributed by atoms with Crippen LogP contribution < -0.4 is 15.8 Å². The van der Waals surface area contributed by atoms with Crippen LogP contribution in [0.5, 0.6) is 5.75 Å². The van der Waals surface area contributed by atoms with E-state index in [-0.39, 0.29) is 5.91 Å². The second-order valence-corrected chi connectivity index (χ2v) is 4.54. The average Bonchev–Trinajstić information content (AvgIpc) is 2.54. The Kier molecular flexibility index (Phi) is 4.93. The largest absolute Gasteiger partial charge is 0.497 e. The fraction of sp³-hybridized carbons (Fsp3) is 0.0588. The summed E-state index contributed by atoms with van der Waals surface area (Å²) in [7, 11) is 1.60. The maximum absolute atomic E-state index is 11.8. The minimum atomic E-state index is -0.503. The first-order chi connectivity index (χ1) is 10.6. The average molecular weight is 296 g/mol. The number of rotatable bonds is 5. The lowest BCUT2D eigenvalue weighted by molar-refractivity contribution is -0.111. The number of primary amides is 1. The molecule has 0 atom stereocenters. The topological polar surface area (TPSA) is 81.4 Å². The quantitative estimate of drug-likeness (QED) is 0.831. The van der Waals surface area contributed by atoms with Gasteiger partial charge in [-0.2, -0.15) is 0 Å². The first-order valence-corrected chi connectivity index (χ1v) is 6.61. The molecular weight excluding hydrogens is 280 g/mol. The van der Waals surface area contributed by atoms with Gasteiger partial charge in [0.1, 0.15) is 5.75 Å². The van der Waals surface area contributed by atoms with Crippen LogP contribution in [-0.4, -0.2) is 18.9 Å². The number of nitrogens with one attached hydrogen (secondary N) is 1. The third-order valence-electron chi connectivity index (χ3n) is 2.98. The van der Waals surface area contributed by atoms with Crippen molar-refractivity contribution in [3.05, 3.63) is 65.7 Å². The molecule has 0 bridgehead atoms. The summed E-state index contributed by atoms with van der Waals surface area (Å²) in [4.78, 5) is 22.8. The lowest BCUT2D eigenvalue weighted by Gasteiger charge is -2.03. The summed E-state index contributed by atoms with van der Waals surface area (Å²) in [6.45, 7) is 0. The van der Waals surface area contributed by atoms with Crippen molar-refractivity contribution in [1.29, 1.82) is 0 Å². The van der Waals surface area contributed by atoms with Crippen molar-refractivity contribution in [3.8, 4) is 5.75 Å². The lowest BCUT2D eigenvalue weighted by atomic mass is 10.2. The summed E-state index contributed by atoms with van der Waals surface area (Å²) in [5.41, 5.74) is 7.03. The normalized spacial score (nSPS) is 10.4. The van der Waals surface area contributed by atoms with E-state index in [0.717, 1.165) is 11.3 Å². The third kappa shape index (κ3) is 4.21. The van der Waals surface area contributed by atoms with Crippen LogP contribution in [0.3, 0.4) is 0 Å². The van der Waals surface area contributed by atoms with Gasteiger partial charge >= 0.3 is 0 Å². The summed E-state index contributed by atoms with van der Waals surface area (Å²) in [6, 6.07) is 13.7. The summed E-state index contributed by atoms with van der Waals surface area (Å²) in [5, 5.41) is 2.70. The molecule has 5 nitrogen and oxygen atoms in total. The molecule has 5 heteroatoms. The van der Waals surface area contributed by atoms with Gasteiger partial charge in [-0.25, -0.2) is 0 Å². The molecule has 0 aliphatic carbocycles. The summed E-state index contributed by atoms with van der Waals surface area (Å²) < 4.78 is 5.06. The minimum Gasteiger partial charge on any atom is -0.497 e. The van der Waals surface area contributed by atoms with Gasteiger partial charge in [0.05, 0.1) is 7.11 Å². The Balaban J connectivity index is 1.96. The number of amides is 2. The number of ether oxygens (including phenoxy) is 1. The van der Waals surface area contributed by atoms with Gasteiger partial charge in [0.15, 0.2) is 0 Å². The van der Waals surface area contributed by atoms with Crippen LogP contribution in [-0.2, 0) is 4.79 Å². The highest BCUT2D eigenvalue weighted by molar-refractivity contribution is 6.02. The number of carbonyl (C=O) groups excluding carboxylic acids is 2. The van der Waals surface area contributed by atoms with Crippen molar-refractivity contribution in [1.82, 2.24) is 0 Å². The molecule has 0 aromatic heterocycles. The number of hydrogen-bond acceptors (Lipinski definition) is 3. The number of carbonyl (C=O) groups is 2. The molecule has 2 aromatic carbocycles. The molecule has 2 rings (SSSR count). The highest BCUT2D eigenvalue weighted by atomic mass is 16.5. The first kappa shape index (κ1) is 15.3. The maximum Gasteiger partial charge on any atom is 0.248 e. The first-order valence-electron chi connectivity index (χ1n) is 6.61. The number of hydrogen-bond donors (Lipinski definition) is 2. The van der Waals surface area contributed by atoms with Gasteiger partial charge in [0, 0.05) is 17.3 Å². The number of nitrogens with two attached hydrogens (primary N) is 1. The molecule has 0 radical (unpaired) electrons. The fourth-order valence-electron chi connectivity index (χ4n) is 1.79. The number of methoxy groups -OCH3 is 1. The van der Waals surface area contributed by atoms with Crippen LogP contribution in [0.4, 0.5) is 5.69 Å². The van der Waals surface area contributed by atoms with Crippen LogP contribution in [0.1, 0.15) is 15.9 Å². The van der Waals surface area contributed by atoms with Crippen molar-refractivity contribution < 1.29 is 14.3 Å². The highest BCUT2D eigenvalue weighted by Crippen LogP contribution is 2.13. The predicted octanol–water partition coefficient (Wildman–Crippen LogP) is 2.45. The predicted molar refractivity (Wildman–Crippen MR) is 85.6 cm³/mol. The number of benzene rings is 2. The van der Waals surface area contributed by atoms with Crippen LogP contribution in [0.2, 0.25) is 0 Å². The zero-order chi connectivity index (χ0) is 15.9. The van der Waals surface area contributed by atoms with Gasteiger partial charge in [-0.1, -0.05) is 12.1 Å². The van der Waals surface area contributed by atoms with Gasteiger partial charge in [0.25, 0.3) is 0 Å². The zero-order valence-electron chi connectivity index (χ0n) is 12.1. The summed E-state index contributed by atoms with van der Waals surface area (Å²) in [6.07, 6.45) is 3.14. The van der Waals surface area contributed by atoms with E-state index in [2.05, 4.69) is 5.32 Å². The van der Waals surface area contributed by atoms with Crippen LogP contribution in [0.25, 0.3) is 6.08 Å². The molecule has 22 heavy (non-hydrogen) atoms. The second kappa shape index (κ2) is 7.08. The van der Waals surface area contributed by atoms with Crippen LogP contribution in [0.15, 0.2) is 54.6 Å². The molecule has 0 unspecified atom stereocenters. The van der Waals surface area contributed by atoms with E-state index in [4.69, 9.17) is 10.5 Å². The molecule has 0 aliphatic rings. The third-order valence-corrected chi connectivity index (χ3v) is 2.98. The van der Waals surface area contributed by atoms with Crippen LogP contribution in [0, 0.1) is 0 Å². The Morgan fingerprint density at radius 1 is 1.05 bits per heavy atom. The SMILES string of the molecule is COc1ccc(C=CC(=O)Nc2ccc(C(N)=O)cc2)cc1. The van der Waals surface area contributed by atoms with Crippen molar-refractivity contribution in [2.75, 3.05) is 12.4 Å². The van der Waals surface area contributed by atoms with Gasteiger partial charge in [-0.05, 0) is 48.0 Å². The number of anilines is 1. The van der Waals surface area contributed by atoms with Gasteiger partial charge in [-0.15, -0.1) is 0 Å². The minimum absolute atomic E-state index is 0.261. The molecule has 0 saturated heterocycles. The second-order valence-electron chi connectivity index (χ2n) is 4.54. The lowest BCUT2D eigenvalue weighted by Crippen LogP contribution is -2.11. The van der Waals surface area contributed by atoms with Crippen LogP contribution >= 0.6 is 0 Å². The van der Waals surface area contributed by atoms with E-state index in [9.17, 15) is 9.59 Å². The van der Waals surface area contributed by atoms with E-state index >= 15 is 0 Å². The zero-order valence-corrected chi connectivity index (χ0v) is 12.1. The Morgan fingerprint density at radius 2 is 1.68 bits per heavy atom. The van der Waals surface area contributed by atoms with E-state index in [1.165, 1.54) is 6.08 Å². The van der Waals surface area contributed by atoms with Gasteiger partial charge < -0.3 is 15.8 Å². The Hall–Kier alpha value is -3.08. The van der Waals surface area contributed by atoms with Crippen molar-refractivity contribution in [3.63, 3.8) is 0 Å². The van der Waals surface area contributed by atoms with E-state index in [1.54, 1.807) is 37.5 Å². The summed E-state index contributed by atoms with van der Waals surface area (Å²) >= 11 is 0. The molecule has 0 spiro atoms. The highest BCUT2D eigenvalue weighted by Gasteiger charge is 2.01. The van der Waals surface area contributed by atoms with Crippen molar-refractivity contribution in [2.45, 2.75) is 0 Å². The van der Waals surface area contributed by atoms with Gasteiger partial charge in [0.2, 0.25) is 11.8 Å². The van der Waals surface area contributed by atoms with Gasteiger partial charge in [-0.3, -0.25) is 9.59 Å². The fourth-order valence-corrected chi connectivity index (χ4v) is 1.79. The Morgan fingerprint density at radius 3 is 2.23 bits per heavy atom. The van der Waals surface area contributed by atoms with E-state index in [1.807, 2.05) is 24.3 Å². The monoisotopic (exact) mass is 296 g/mol. The summed E-state index contributed by atoms with van der Waals surface area (Å²) in [5.74, 6) is -0.00365. The molecule has 112 valence electrons. The molecule has 0 fully saturated rings. The molecule has 3 N–H and O–H groups in total. The molecule has 0 saturated carbocycles. The smallest absolute Gasteiger partial charge is 0.248 e. The molecule has 2 amide bonds. The Labute approximate surface area is 128 Å². The molecule has 0 aliphatic heterocycles. The van der Waals surface area contributed by atoms with Crippen molar-refractivity contribution >= 4 is 23.6 Å². The molecule has 0 heterocycles.